The average molecular weight is 386 g/mol. The highest BCUT2D eigenvalue weighted by molar-refractivity contribution is 6.33. The molecule has 2 aromatic carbocycles. The van der Waals surface area contributed by atoms with E-state index >= 15 is 0 Å². The summed E-state index contributed by atoms with van der Waals surface area (Å²) in [6, 6.07) is 13.8. The summed E-state index contributed by atoms with van der Waals surface area (Å²) < 4.78 is 14.5. The number of nitrogens with one attached hydrogen (secondary N) is 1. The summed E-state index contributed by atoms with van der Waals surface area (Å²) >= 11 is 6.05. The summed E-state index contributed by atoms with van der Waals surface area (Å²) in [7, 11) is 0. The Morgan fingerprint density at radius 3 is 2.56 bits per heavy atom. The van der Waals surface area contributed by atoms with Crippen molar-refractivity contribution in [2.45, 2.75) is 19.9 Å². The predicted octanol–water partition coefficient (Wildman–Crippen LogP) is 3.90. The number of hydrogen-bond acceptors (Lipinski definition) is 3. The SMILES string of the molecule is CCc1cc(=O)n(CC(=O)Nc2ccccc2Cl)c(-c2ccc(F)cc2)n1. The number of anilines is 1. The molecule has 0 aliphatic carbocycles. The smallest absolute Gasteiger partial charge is 0.254 e. The van der Waals surface area contributed by atoms with Gasteiger partial charge in [-0.05, 0) is 42.8 Å². The maximum absolute atomic E-state index is 13.3. The molecule has 138 valence electrons. The summed E-state index contributed by atoms with van der Waals surface area (Å²) in [5.74, 6) is -0.496. The Morgan fingerprint density at radius 2 is 1.89 bits per heavy atom. The lowest BCUT2D eigenvalue weighted by molar-refractivity contribution is -0.116. The molecule has 0 aliphatic heterocycles. The molecule has 0 bridgehead atoms. The number of amides is 1. The van der Waals surface area contributed by atoms with Crippen LogP contribution in [0.5, 0.6) is 0 Å². The van der Waals surface area contributed by atoms with Crippen LogP contribution in [0.3, 0.4) is 0 Å². The van der Waals surface area contributed by atoms with Crippen LogP contribution in [0.15, 0.2) is 59.4 Å². The number of hydrogen-bond donors (Lipinski definition) is 1. The molecule has 0 aliphatic rings. The highest BCUT2D eigenvalue weighted by Gasteiger charge is 2.14. The second-order valence-electron chi connectivity index (χ2n) is 5.88. The lowest BCUT2D eigenvalue weighted by Crippen LogP contribution is -2.30. The van der Waals surface area contributed by atoms with Gasteiger partial charge in [-0.3, -0.25) is 14.2 Å². The van der Waals surface area contributed by atoms with Gasteiger partial charge in [0.15, 0.2) is 0 Å². The van der Waals surface area contributed by atoms with Crippen molar-refractivity contribution in [3.63, 3.8) is 0 Å². The Labute approximate surface area is 160 Å². The fraction of sp³-hybridized carbons (Fsp3) is 0.150. The monoisotopic (exact) mass is 385 g/mol. The fourth-order valence-electron chi connectivity index (χ4n) is 2.60. The van der Waals surface area contributed by atoms with Crippen LogP contribution in [0.25, 0.3) is 11.4 Å². The quantitative estimate of drug-likeness (QED) is 0.724. The van der Waals surface area contributed by atoms with Gasteiger partial charge in [-0.2, -0.15) is 0 Å². The molecule has 1 N–H and O–H groups in total. The number of carbonyl (C=O) groups is 1. The molecule has 0 unspecified atom stereocenters. The molecule has 0 saturated heterocycles. The number of nitrogens with zero attached hydrogens (tertiary/aromatic N) is 2. The summed E-state index contributed by atoms with van der Waals surface area (Å²) in [6.07, 6.45) is 0.566. The minimum atomic E-state index is -0.417. The van der Waals surface area contributed by atoms with E-state index in [4.69, 9.17) is 11.6 Å². The first kappa shape index (κ1) is 18.8. The number of aromatic nitrogens is 2. The Bertz CT molecular complexity index is 1030. The third kappa shape index (κ3) is 4.41. The van der Waals surface area contributed by atoms with E-state index in [2.05, 4.69) is 10.3 Å². The zero-order chi connectivity index (χ0) is 19.4. The van der Waals surface area contributed by atoms with Crippen molar-refractivity contribution < 1.29 is 9.18 Å². The Kier molecular flexibility index (Phi) is 5.66. The predicted molar refractivity (Wildman–Crippen MR) is 103 cm³/mol. The maximum atomic E-state index is 13.3. The van der Waals surface area contributed by atoms with Crippen LogP contribution in [0.2, 0.25) is 5.02 Å². The van der Waals surface area contributed by atoms with Crippen molar-refractivity contribution >= 4 is 23.2 Å². The minimum Gasteiger partial charge on any atom is -0.323 e. The van der Waals surface area contributed by atoms with Crippen LogP contribution < -0.4 is 10.9 Å². The molecule has 1 aromatic heterocycles. The maximum Gasteiger partial charge on any atom is 0.254 e. The van der Waals surface area contributed by atoms with Gasteiger partial charge >= 0.3 is 0 Å². The van der Waals surface area contributed by atoms with Crippen LogP contribution in [0.1, 0.15) is 12.6 Å². The largest absolute Gasteiger partial charge is 0.323 e. The molecule has 0 fully saturated rings. The van der Waals surface area contributed by atoms with Crippen molar-refractivity contribution in [1.29, 1.82) is 0 Å². The number of para-hydroxylation sites is 1. The van der Waals surface area contributed by atoms with Gasteiger partial charge in [0, 0.05) is 17.3 Å². The van der Waals surface area contributed by atoms with Crippen LogP contribution in [0, 0.1) is 5.82 Å². The highest BCUT2D eigenvalue weighted by Crippen LogP contribution is 2.21. The number of carbonyl (C=O) groups excluding carboxylic acids is 1. The number of rotatable bonds is 5. The number of aryl methyl sites for hydroxylation is 1. The van der Waals surface area contributed by atoms with Crippen LogP contribution in [0.4, 0.5) is 10.1 Å². The van der Waals surface area contributed by atoms with Crippen molar-refractivity contribution in [2.75, 3.05) is 5.32 Å². The molecule has 3 rings (SSSR count). The zero-order valence-electron chi connectivity index (χ0n) is 14.6. The van der Waals surface area contributed by atoms with Gasteiger partial charge in [-0.15, -0.1) is 0 Å². The third-order valence-corrected chi connectivity index (χ3v) is 4.31. The van der Waals surface area contributed by atoms with E-state index in [0.29, 0.717) is 34.2 Å². The van der Waals surface area contributed by atoms with Crippen LogP contribution >= 0.6 is 11.6 Å². The number of benzene rings is 2. The molecule has 0 saturated carbocycles. The van der Waals surface area contributed by atoms with Gasteiger partial charge < -0.3 is 5.32 Å². The third-order valence-electron chi connectivity index (χ3n) is 3.98. The summed E-state index contributed by atoms with van der Waals surface area (Å²) in [4.78, 5) is 29.5. The molecule has 7 heteroatoms. The summed E-state index contributed by atoms with van der Waals surface area (Å²) in [5.41, 5.74) is 1.26. The fourth-order valence-corrected chi connectivity index (χ4v) is 2.79. The second kappa shape index (κ2) is 8.14. The molecular weight excluding hydrogens is 369 g/mol. The number of halogens is 2. The molecule has 5 nitrogen and oxygen atoms in total. The van der Waals surface area contributed by atoms with Crippen molar-refractivity contribution in [2.24, 2.45) is 0 Å². The molecule has 1 heterocycles. The normalized spacial score (nSPS) is 10.6. The first-order chi connectivity index (χ1) is 13.0. The van der Waals surface area contributed by atoms with Crippen molar-refractivity contribution in [3.8, 4) is 11.4 Å². The Morgan fingerprint density at radius 1 is 1.19 bits per heavy atom. The van der Waals surface area contributed by atoms with Crippen molar-refractivity contribution in [3.05, 3.63) is 81.5 Å². The lowest BCUT2D eigenvalue weighted by Gasteiger charge is -2.14. The molecule has 3 aromatic rings. The van der Waals surface area contributed by atoms with E-state index < -0.39 is 11.7 Å². The van der Waals surface area contributed by atoms with Gasteiger partial charge in [-0.1, -0.05) is 30.7 Å². The van der Waals surface area contributed by atoms with E-state index in [0.717, 1.165) is 0 Å². The molecular formula is C20H17ClFN3O2. The first-order valence-corrected chi connectivity index (χ1v) is 8.77. The summed E-state index contributed by atoms with van der Waals surface area (Å²) in [5, 5.41) is 3.08. The van der Waals surface area contributed by atoms with Crippen molar-refractivity contribution in [1.82, 2.24) is 9.55 Å². The first-order valence-electron chi connectivity index (χ1n) is 8.39. The van der Waals surface area contributed by atoms with Gasteiger partial charge in [-0.25, -0.2) is 9.37 Å². The molecule has 27 heavy (non-hydrogen) atoms. The van der Waals surface area contributed by atoms with Gasteiger partial charge in [0.2, 0.25) is 5.91 Å². The molecule has 0 radical (unpaired) electrons. The van der Waals surface area contributed by atoms with Gasteiger partial charge in [0.1, 0.15) is 18.2 Å². The molecule has 0 spiro atoms. The van der Waals surface area contributed by atoms with Crippen LogP contribution in [-0.4, -0.2) is 15.5 Å². The topological polar surface area (TPSA) is 64.0 Å². The van der Waals surface area contributed by atoms with E-state index in [1.165, 1.54) is 34.9 Å². The van der Waals surface area contributed by atoms with E-state index in [1.807, 2.05) is 6.92 Å². The molecule has 0 atom stereocenters. The Hall–Kier alpha value is -2.99. The Balaban J connectivity index is 1.96. The van der Waals surface area contributed by atoms with E-state index in [-0.39, 0.29) is 12.1 Å². The standard InChI is InChI=1S/C20H17ClFN3O2/c1-2-15-11-19(27)25(20(23-15)13-7-9-14(22)10-8-13)12-18(26)24-17-6-4-3-5-16(17)21/h3-11H,2,12H2,1H3,(H,24,26). The van der Waals surface area contributed by atoms with Gasteiger partial charge in [0.05, 0.1) is 10.7 Å². The average Bonchev–Trinajstić information content (AvgIpc) is 2.66. The van der Waals surface area contributed by atoms with Crippen LogP contribution in [-0.2, 0) is 17.8 Å². The molecule has 1 amide bonds. The van der Waals surface area contributed by atoms with E-state index in [9.17, 15) is 14.0 Å². The highest BCUT2D eigenvalue weighted by atomic mass is 35.5. The second-order valence-corrected chi connectivity index (χ2v) is 6.29. The summed E-state index contributed by atoms with van der Waals surface area (Å²) in [6.45, 7) is 1.64. The lowest BCUT2D eigenvalue weighted by atomic mass is 10.2. The van der Waals surface area contributed by atoms with E-state index in [1.54, 1.807) is 24.3 Å². The zero-order valence-corrected chi connectivity index (χ0v) is 15.3. The minimum absolute atomic E-state index is 0.242. The van der Waals surface area contributed by atoms with Gasteiger partial charge in [0.25, 0.3) is 5.56 Å².